The molecule has 2 aromatic carbocycles. The average Bonchev–Trinajstić information content (AvgIpc) is 2.41. The average molecular weight is 292 g/mol. The molecule has 0 saturated carbocycles. The third-order valence-electron chi connectivity index (χ3n) is 2.93. The zero-order valence-electron chi connectivity index (χ0n) is 10.8. The lowest BCUT2D eigenvalue weighted by Crippen LogP contribution is -2.26. The molecule has 1 amide bonds. The number of hydrogen-bond acceptors (Lipinski definition) is 3. The third kappa shape index (κ3) is 3.22. The van der Waals surface area contributed by atoms with E-state index in [1.807, 2.05) is 19.1 Å². The van der Waals surface area contributed by atoms with Crippen molar-refractivity contribution in [2.75, 3.05) is 0 Å². The van der Waals surface area contributed by atoms with E-state index in [-0.39, 0.29) is 29.0 Å². The Balaban J connectivity index is 2.13. The minimum Gasteiger partial charge on any atom is -0.504 e. The van der Waals surface area contributed by atoms with Gasteiger partial charge in [0, 0.05) is 10.6 Å². The molecule has 0 bridgehead atoms. The van der Waals surface area contributed by atoms with Gasteiger partial charge in [0.1, 0.15) is 0 Å². The van der Waals surface area contributed by atoms with E-state index in [0.717, 1.165) is 5.56 Å². The van der Waals surface area contributed by atoms with Crippen molar-refractivity contribution in [2.45, 2.75) is 13.0 Å². The quantitative estimate of drug-likeness (QED) is 0.760. The molecule has 0 aliphatic heterocycles. The Morgan fingerprint density at radius 3 is 2.55 bits per heavy atom. The van der Waals surface area contributed by atoms with Crippen LogP contribution in [0.25, 0.3) is 0 Å². The Labute approximate surface area is 121 Å². The van der Waals surface area contributed by atoms with Crippen LogP contribution >= 0.6 is 11.6 Å². The number of phenolic OH excluding ortho intramolecular Hbond substituents is 2. The first-order valence-corrected chi connectivity index (χ1v) is 6.43. The molecule has 0 spiro atoms. The number of phenols is 2. The summed E-state index contributed by atoms with van der Waals surface area (Å²) in [5.41, 5.74) is 1.16. The molecule has 3 N–H and O–H groups in total. The third-order valence-corrected chi connectivity index (χ3v) is 3.17. The number of halogens is 1. The van der Waals surface area contributed by atoms with E-state index in [0.29, 0.717) is 5.02 Å². The molecular weight excluding hydrogens is 278 g/mol. The Hall–Kier alpha value is -2.20. The molecule has 0 fully saturated rings. The first-order chi connectivity index (χ1) is 9.47. The Morgan fingerprint density at radius 2 is 1.90 bits per heavy atom. The van der Waals surface area contributed by atoms with E-state index >= 15 is 0 Å². The lowest BCUT2D eigenvalue weighted by atomic mass is 10.1. The summed E-state index contributed by atoms with van der Waals surface area (Å²) in [5, 5.41) is 22.0. The zero-order valence-corrected chi connectivity index (χ0v) is 11.6. The van der Waals surface area contributed by atoms with E-state index in [1.54, 1.807) is 12.1 Å². The summed E-state index contributed by atoms with van der Waals surface area (Å²) < 4.78 is 0. The number of aromatic hydroxyl groups is 2. The summed E-state index contributed by atoms with van der Waals surface area (Å²) in [7, 11) is 0. The van der Waals surface area contributed by atoms with E-state index in [1.165, 1.54) is 18.2 Å². The number of amides is 1. The first kappa shape index (κ1) is 14.2. The number of hydrogen-bond donors (Lipinski definition) is 3. The van der Waals surface area contributed by atoms with Crippen LogP contribution in [0.2, 0.25) is 5.02 Å². The van der Waals surface area contributed by atoms with Crippen LogP contribution < -0.4 is 5.32 Å². The predicted octanol–water partition coefficient (Wildman–Crippen LogP) is 3.24. The smallest absolute Gasteiger partial charge is 0.251 e. The Morgan fingerprint density at radius 1 is 1.15 bits per heavy atom. The van der Waals surface area contributed by atoms with Crippen LogP contribution in [0.3, 0.4) is 0 Å². The highest BCUT2D eigenvalue weighted by Gasteiger charge is 2.13. The van der Waals surface area contributed by atoms with Crippen LogP contribution in [0, 0.1) is 0 Å². The molecule has 104 valence electrons. The number of benzene rings is 2. The number of rotatable bonds is 3. The molecule has 0 heterocycles. The van der Waals surface area contributed by atoms with E-state index in [2.05, 4.69) is 5.32 Å². The number of nitrogens with one attached hydrogen (secondary N) is 1. The number of carbonyl (C=O) groups excluding carboxylic acids is 1. The van der Waals surface area contributed by atoms with Crippen molar-refractivity contribution in [3.8, 4) is 11.5 Å². The van der Waals surface area contributed by atoms with Gasteiger partial charge < -0.3 is 15.5 Å². The molecule has 0 aliphatic rings. The van der Waals surface area contributed by atoms with Crippen molar-refractivity contribution in [1.29, 1.82) is 0 Å². The second-order valence-corrected chi connectivity index (χ2v) is 4.89. The van der Waals surface area contributed by atoms with Crippen molar-refractivity contribution >= 4 is 17.5 Å². The van der Waals surface area contributed by atoms with Gasteiger partial charge >= 0.3 is 0 Å². The zero-order chi connectivity index (χ0) is 14.7. The minimum atomic E-state index is -0.340. The standard InChI is InChI=1S/C15H14ClNO3/c1-9(10-3-2-4-12(16)7-10)17-15(20)11-5-6-13(18)14(19)8-11/h2-9,18-19H,1H3,(H,17,20). The summed E-state index contributed by atoms with van der Waals surface area (Å²) in [5.74, 6) is -0.926. The summed E-state index contributed by atoms with van der Waals surface area (Å²) in [6, 6.07) is 10.9. The molecule has 0 aromatic heterocycles. The van der Waals surface area contributed by atoms with Crippen molar-refractivity contribution in [3.63, 3.8) is 0 Å². The van der Waals surface area contributed by atoms with Gasteiger partial charge in [-0.25, -0.2) is 0 Å². The van der Waals surface area contributed by atoms with Gasteiger partial charge in [-0.05, 0) is 42.8 Å². The lowest BCUT2D eigenvalue weighted by molar-refractivity contribution is 0.0939. The highest BCUT2D eigenvalue weighted by Crippen LogP contribution is 2.25. The molecule has 0 saturated heterocycles. The van der Waals surface area contributed by atoms with Crippen LogP contribution in [0.15, 0.2) is 42.5 Å². The van der Waals surface area contributed by atoms with Crippen molar-refractivity contribution in [1.82, 2.24) is 5.32 Å². The topological polar surface area (TPSA) is 69.6 Å². The van der Waals surface area contributed by atoms with E-state index in [4.69, 9.17) is 11.6 Å². The van der Waals surface area contributed by atoms with Crippen molar-refractivity contribution in [2.24, 2.45) is 0 Å². The minimum absolute atomic E-state index is 0.225. The van der Waals surface area contributed by atoms with Gasteiger partial charge in [0.05, 0.1) is 6.04 Å². The van der Waals surface area contributed by atoms with Crippen LogP contribution in [0.1, 0.15) is 28.9 Å². The molecule has 2 rings (SSSR count). The second kappa shape index (κ2) is 5.84. The maximum atomic E-state index is 12.0. The summed E-state index contributed by atoms with van der Waals surface area (Å²) in [4.78, 5) is 12.0. The molecule has 20 heavy (non-hydrogen) atoms. The van der Waals surface area contributed by atoms with E-state index < -0.39 is 0 Å². The van der Waals surface area contributed by atoms with Gasteiger partial charge in [-0.1, -0.05) is 23.7 Å². The molecule has 0 radical (unpaired) electrons. The monoisotopic (exact) mass is 291 g/mol. The molecule has 4 nitrogen and oxygen atoms in total. The van der Waals surface area contributed by atoms with Crippen molar-refractivity contribution < 1.29 is 15.0 Å². The van der Waals surface area contributed by atoms with E-state index in [9.17, 15) is 15.0 Å². The van der Waals surface area contributed by atoms with Crippen LogP contribution in [-0.2, 0) is 0 Å². The predicted molar refractivity (Wildman–Crippen MR) is 77.1 cm³/mol. The molecule has 5 heteroatoms. The molecule has 1 unspecified atom stereocenters. The fourth-order valence-electron chi connectivity index (χ4n) is 1.80. The summed E-state index contributed by atoms with van der Waals surface area (Å²) >= 11 is 5.91. The Bertz CT molecular complexity index is 643. The van der Waals surface area contributed by atoms with Crippen LogP contribution in [0.4, 0.5) is 0 Å². The summed E-state index contributed by atoms with van der Waals surface area (Å²) in [6.45, 7) is 1.84. The van der Waals surface area contributed by atoms with Gasteiger partial charge in [-0.2, -0.15) is 0 Å². The largest absolute Gasteiger partial charge is 0.504 e. The fraction of sp³-hybridized carbons (Fsp3) is 0.133. The molecule has 0 aliphatic carbocycles. The van der Waals surface area contributed by atoms with Crippen LogP contribution in [-0.4, -0.2) is 16.1 Å². The maximum absolute atomic E-state index is 12.0. The SMILES string of the molecule is CC(NC(=O)c1ccc(O)c(O)c1)c1cccc(Cl)c1. The van der Waals surface area contributed by atoms with Gasteiger partial charge in [0.25, 0.3) is 5.91 Å². The number of carbonyl (C=O) groups is 1. The Kier molecular flexibility index (Phi) is 4.15. The van der Waals surface area contributed by atoms with Gasteiger partial charge in [-0.15, -0.1) is 0 Å². The highest BCUT2D eigenvalue weighted by molar-refractivity contribution is 6.30. The molecule has 1 atom stereocenters. The van der Waals surface area contributed by atoms with Crippen LogP contribution in [0.5, 0.6) is 11.5 Å². The first-order valence-electron chi connectivity index (χ1n) is 6.05. The maximum Gasteiger partial charge on any atom is 0.251 e. The fourth-order valence-corrected chi connectivity index (χ4v) is 2.00. The summed E-state index contributed by atoms with van der Waals surface area (Å²) in [6.07, 6.45) is 0. The van der Waals surface area contributed by atoms with Gasteiger partial charge in [0.2, 0.25) is 0 Å². The van der Waals surface area contributed by atoms with Gasteiger partial charge in [0.15, 0.2) is 11.5 Å². The normalized spacial score (nSPS) is 11.9. The molecular formula is C15H14ClNO3. The highest BCUT2D eigenvalue weighted by atomic mass is 35.5. The molecule has 2 aromatic rings. The second-order valence-electron chi connectivity index (χ2n) is 4.45. The lowest BCUT2D eigenvalue weighted by Gasteiger charge is -2.15. The van der Waals surface area contributed by atoms with Crippen molar-refractivity contribution in [3.05, 3.63) is 58.6 Å². The van der Waals surface area contributed by atoms with Gasteiger partial charge in [-0.3, -0.25) is 4.79 Å².